The van der Waals surface area contributed by atoms with E-state index in [9.17, 15) is 0 Å². The standard InChI is InChI=1S/C12H23BO5/c1-7(15-4)8(2)17-11-10(16-5)9(6-14-3)18-12(11)13/h7-12H,6H2,1-5H3/t7-,8-,9-,10?,11+,12-/m1/s1. The summed E-state index contributed by atoms with van der Waals surface area (Å²) in [5.41, 5.74) is 0. The molecule has 2 radical (unpaired) electrons. The molecular weight excluding hydrogens is 235 g/mol. The van der Waals surface area contributed by atoms with Crippen molar-refractivity contribution in [3.8, 4) is 0 Å². The molecule has 1 heterocycles. The second-order valence-electron chi connectivity index (χ2n) is 4.54. The van der Waals surface area contributed by atoms with Crippen molar-refractivity contribution in [1.82, 2.24) is 0 Å². The zero-order valence-electron chi connectivity index (χ0n) is 11.8. The highest BCUT2D eigenvalue weighted by Gasteiger charge is 2.44. The van der Waals surface area contributed by atoms with Gasteiger partial charge in [-0.25, -0.2) is 0 Å². The first-order valence-electron chi connectivity index (χ1n) is 6.16. The van der Waals surface area contributed by atoms with Crippen molar-refractivity contribution >= 4 is 7.85 Å². The average Bonchev–Trinajstić information content (AvgIpc) is 2.64. The van der Waals surface area contributed by atoms with Crippen molar-refractivity contribution in [1.29, 1.82) is 0 Å². The second kappa shape index (κ2) is 7.45. The predicted octanol–water partition coefficient (Wildman–Crippen LogP) is 0.350. The summed E-state index contributed by atoms with van der Waals surface area (Å²) >= 11 is 0. The van der Waals surface area contributed by atoms with E-state index < -0.39 is 6.00 Å². The first-order chi connectivity index (χ1) is 8.54. The van der Waals surface area contributed by atoms with Crippen LogP contribution in [0, 0.1) is 0 Å². The zero-order valence-corrected chi connectivity index (χ0v) is 11.8. The topological polar surface area (TPSA) is 46.2 Å². The van der Waals surface area contributed by atoms with Gasteiger partial charge in [0.05, 0.1) is 18.8 Å². The van der Waals surface area contributed by atoms with Crippen LogP contribution in [-0.2, 0) is 23.7 Å². The molecule has 1 unspecified atom stereocenters. The van der Waals surface area contributed by atoms with Gasteiger partial charge in [-0.05, 0) is 13.8 Å². The van der Waals surface area contributed by atoms with Gasteiger partial charge < -0.3 is 23.7 Å². The molecule has 6 heteroatoms. The van der Waals surface area contributed by atoms with Crippen LogP contribution in [0.5, 0.6) is 0 Å². The molecule has 5 nitrogen and oxygen atoms in total. The van der Waals surface area contributed by atoms with Crippen molar-refractivity contribution in [2.75, 3.05) is 27.9 Å². The average molecular weight is 258 g/mol. The number of methoxy groups -OCH3 is 3. The maximum absolute atomic E-state index is 5.93. The fourth-order valence-corrected chi connectivity index (χ4v) is 2.04. The summed E-state index contributed by atoms with van der Waals surface area (Å²) in [6.45, 7) is 4.32. The van der Waals surface area contributed by atoms with Crippen LogP contribution in [0.2, 0.25) is 0 Å². The molecule has 18 heavy (non-hydrogen) atoms. The summed E-state index contributed by atoms with van der Waals surface area (Å²) in [7, 11) is 10.8. The van der Waals surface area contributed by atoms with Crippen LogP contribution in [0.25, 0.3) is 0 Å². The van der Waals surface area contributed by atoms with Gasteiger partial charge in [0.1, 0.15) is 26.2 Å². The lowest BCUT2D eigenvalue weighted by Gasteiger charge is -2.28. The Hall–Kier alpha value is -0.135. The van der Waals surface area contributed by atoms with E-state index in [1.807, 2.05) is 13.8 Å². The molecule has 0 aromatic carbocycles. The summed E-state index contributed by atoms with van der Waals surface area (Å²) in [4.78, 5) is 0. The normalized spacial score (nSPS) is 35.6. The highest BCUT2D eigenvalue weighted by Crippen LogP contribution is 2.26. The van der Waals surface area contributed by atoms with Crippen molar-refractivity contribution in [2.24, 2.45) is 0 Å². The van der Waals surface area contributed by atoms with Gasteiger partial charge in [0, 0.05) is 27.3 Å². The Morgan fingerprint density at radius 2 is 1.78 bits per heavy atom. The lowest BCUT2D eigenvalue weighted by atomic mass is 9.92. The van der Waals surface area contributed by atoms with Gasteiger partial charge in [-0.15, -0.1) is 0 Å². The van der Waals surface area contributed by atoms with Crippen LogP contribution in [-0.4, -0.2) is 72.3 Å². The molecule has 0 bridgehead atoms. The lowest BCUT2D eigenvalue weighted by molar-refractivity contribution is -0.113. The highest BCUT2D eigenvalue weighted by molar-refractivity contribution is 6.11. The van der Waals surface area contributed by atoms with Crippen LogP contribution >= 0.6 is 0 Å². The Morgan fingerprint density at radius 3 is 2.28 bits per heavy atom. The van der Waals surface area contributed by atoms with E-state index in [1.54, 1.807) is 21.3 Å². The van der Waals surface area contributed by atoms with Gasteiger partial charge in [0.15, 0.2) is 0 Å². The molecule has 1 aliphatic heterocycles. The Balaban J connectivity index is 2.62. The largest absolute Gasteiger partial charge is 0.382 e. The fourth-order valence-electron chi connectivity index (χ4n) is 2.04. The first-order valence-corrected chi connectivity index (χ1v) is 6.16. The van der Waals surface area contributed by atoms with Crippen molar-refractivity contribution < 1.29 is 23.7 Å². The maximum atomic E-state index is 5.93. The van der Waals surface area contributed by atoms with Crippen LogP contribution in [0.1, 0.15) is 13.8 Å². The number of ether oxygens (including phenoxy) is 5. The molecular formula is C12H23BO5. The molecule has 1 rings (SSSR count). The summed E-state index contributed by atoms with van der Waals surface area (Å²) in [6.07, 6.45) is -0.857. The summed E-state index contributed by atoms with van der Waals surface area (Å²) in [6, 6.07) is -0.512. The Kier molecular flexibility index (Phi) is 6.59. The second-order valence-corrected chi connectivity index (χ2v) is 4.54. The number of rotatable bonds is 7. The molecule has 0 aliphatic carbocycles. The van der Waals surface area contributed by atoms with Gasteiger partial charge in [0.25, 0.3) is 0 Å². The molecule has 1 aliphatic rings. The minimum atomic E-state index is -0.512. The van der Waals surface area contributed by atoms with E-state index >= 15 is 0 Å². The molecule has 1 saturated heterocycles. The van der Waals surface area contributed by atoms with Crippen molar-refractivity contribution in [2.45, 2.75) is 50.4 Å². The molecule has 0 aromatic heterocycles. The fraction of sp³-hybridized carbons (Fsp3) is 1.00. The van der Waals surface area contributed by atoms with Crippen LogP contribution in [0.15, 0.2) is 0 Å². The highest BCUT2D eigenvalue weighted by atomic mass is 16.6. The minimum Gasteiger partial charge on any atom is -0.382 e. The van der Waals surface area contributed by atoms with E-state index in [0.717, 1.165) is 0 Å². The first kappa shape index (κ1) is 15.9. The van der Waals surface area contributed by atoms with E-state index in [4.69, 9.17) is 31.5 Å². The van der Waals surface area contributed by atoms with Gasteiger partial charge >= 0.3 is 0 Å². The quantitative estimate of drug-likeness (QED) is 0.616. The predicted molar refractivity (Wildman–Crippen MR) is 67.9 cm³/mol. The van der Waals surface area contributed by atoms with E-state index in [2.05, 4.69) is 0 Å². The van der Waals surface area contributed by atoms with E-state index in [-0.39, 0.29) is 30.5 Å². The molecule has 104 valence electrons. The van der Waals surface area contributed by atoms with Gasteiger partial charge in [0.2, 0.25) is 0 Å². The summed E-state index contributed by atoms with van der Waals surface area (Å²) in [5, 5.41) is 0. The Morgan fingerprint density at radius 1 is 1.11 bits per heavy atom. The van der Waals surface area contributed by atoms with Crippen molar-refractivity contribution in [3.63, 3.8) is 0 Å². The third-order valence-corrected chi connectivity index (χ3v) is 3.35. The number of hydrogen-bond acceptors (Lipinski definition) is 5. The SMILES string of the molecule is [B][C@@H]1O[C@H](COC)C(OC)[C@@H]1O[C@H](C)[C@@H](C)OC. The third-order valence-electron chi connectivity index (χ3n) is 3.35. The molecule has 0 amide bonds. The van der Waals surface area contributed by atoms with Crippen LogP contribution in [0.3, 0.4) is 0 Å². The molecule has 0 aromatic rings. The molecule has 0 spiro atoms. The summed E-state index contributed by atoms with van der Waals surface area (Å²) < 4.78 is 27.2. The molecule has 6 atom stereocenters. The molecule has 0 N–H and O–H groups in total. The van der Waals surface area contributed by atoms with Gasteiger partial charge in [-0.2, -0.15) is 0 Å². The lowest BCUT2D eigenvalue weighted by Crippen LogP contribution is -2.42. The van der Waals surface area contributed by atoms with E-state index in [1.165, 1.54) is 0 Å². The summed E-state index contributed by atoms with van der Waals surface area (Å²) in [5.74, 6) is 0. The van der Waals surface area contributed by atoms with Crippen LogP contribution < -0.4 is 0 Å². The Bertz CT molecular complexity index is 241. The monoisotopic (exact) mass is 258 g/mol. The number of hydrogen-bond donors (Lipinski definition) is 0. The minimum absolute atomic E-state index is 0.0174. The third kappa shape index (κ3) is 3.68. The Labute approximate surface area is 110 Å². The molecule has 1 fully saturated rings. The van der Waals surface area contributed by atoms with E-state index in [0.29, 0.717) is 6.61 Å². The molecule has 0 saturated carbocycles. The maximum Gasteiger partial charge on any atom is 0.113 e. The zero-order chi connectivity index (χ0) is 13.7. The smallest absolute Gasteiger partial charge is 0.113 e. The van der Waals surface area contributed by atoms with Gasteiger partial charge in [-0.1, -0.05) is 0 Å². The van der Waals surface area contributed by atoms with Gasteiger partial charge in [-0.3, -0.25) is 0 Å². The van der Waals surface area contributed by atoms with Crippen LogP contribution in [0.4, 0.5) is 0 Å². The van der Waals surface area contributed by atoms with Crippen molar-refractivity contribution in [3.05, 3.63) is 0 Å².